The monoisotopic (exact) mass is 610 g/mol. The van der Waals surface area contributed by atoms with E-state index < -0.39 is 24.1 Å². The van der Waals surface area contributed by atoms with Crippen LogP contribution in [0.3, 0.4) is 0 Å². The van der Waals surface area contributed by atoms with Crippen LogP contribution in [0.1, 0.15) is 36.8 Å². The number of hydrogen-bond donors (Lipinski definition) is 2. The normalized spacial score (nSPS) is 16.6. The Morgan fingerprint density at radius 3 is 1.34 bits per heavy atom. The van der Waals surface area contributed by atoms with Gasteiger partial charge in [0.15, 0.2) is 0 Å². The van der Waals surface area contributed by atoms with Gasteiger partial charge in [0.2, 0.25) is 0 Å². The first-order valence-electron chi connectivity index (χ1n) is 14.1. The van der Waals surface area contributed by atoms with Gasteiger partial charge in [-0.1, -0.05) is 60.7 Å². The number of carbonyl (C=O) groups is 4. The van der Waals surface area contributed by atoms with Crippen LogP contribution in [0.5, 0.6) is 0 Å². The standard InChI is InChI=1S/2C16H19NO5/c2*1-20-15(18)14(13-8-5-9-21-11-13)17-16(19)22-10-12-6-3-2-4-7-12/h2*2-4,6-7H,5,8-11H2,1H3,(H,17,19)/b14-13+;14-13-. The van der Waals surface area contributed by atoms with Gasteiger partial charge in [0, 0.05) is 13.2 Å². The molecular weight excluding hydrogens is 572 g/mol. The van der Waals surface area contributed by atoms with Crippen molar-refractivity contribution in [3.05, 3.63) is 94.3 Å². The van der Waals surface area contributed by atoms with Gasteiger partial charge in [-0.3, -0.25) is 10.6 Å². The Kier molecular flexibility index (Phi) is 14.4. The van der Waals surface area contributed by atoms with E-state index in [0.717, 1.165) is 35.1 Å². The zero-order valence-corrected chi connectivity index (χ0v) is 24.9. The number of amides is 2. The zero-order valence-electron chi connectivity index (χ0n) is 24.9. The Morgan fingerprint density at radius 1 is 0.636 bits per heavy atom. The van der Waals surface area contributed by atoms with E-state index >= 15 is 0 Å². The summed E-state index contributed by atoms with van der Waals surface area (Å²) in [6.07, 6.45) is 1.59. The molecule has 12 nitrogen and oxygen atoms in total. The SMILES string of the molecule is COC(=O)/C(NC(=O)OCc1ccccc1)=C1/CCCOC1.COC(=O)/C(NC(=O)OCc1ccccc1)=C1\CCCOC1. The van der Waals surface area contributed by atoms with Gasteiger partial charge in [-0.25, -0.2) is 19.2 Å². The first-order chi connectivity index (χ1) is 21.4. The lowest BCUT2D eigenvalue weighted by molar-refractivity contribution is -0.137. The summed E-state index contributed by atoms with van der Waals surface area (Å²) in [5, 5.41) is 4.94. The number of benzene rings is 2. The third-order valence-corrected chi connectivity index (χ3v) is 6.45. The average Bonchev–Trinajstić information content (AvgIpc) is 3.09. The molecule has 0 atom stereocenters. The van der Waals surface area contributed by atoms with Crippen molar-refractivity contribution in [2.75, 3.05) is 40.6 Å². The molecule has 2 aliphatic heterocycles. The summed E-state index contributed by atoms with van der Waals surface area (Å²) >= 11 is 0. The molecular formula is C32H38N2O10. The third-order valence-electron chi connectivity index (χ3n) is 6.45. The largest absolute Gasteiger partial charge is 0.464 e. The summed E-state index contributed by atoms with van der Waals surface area (Å²) in [5.74, 6) is -1.20. The highest BCUT2D eigenvalue weighted by Gasteiger charge is 2.22. The molecule has 2 N–H and O–H groups in total. The molecule has 0 aromatic heterocycles. The molecule has 0 spiro atoms. The topological polar surface area (TPSA) is 148 Å². The number of hydrogen-bond acceptors (Lipinski definition) is 10. The second kappa shape index (κ2) is 18.8. The van der Waals surface area contributed by atoms with E-state index in [4.69, 9.17) is 28.4 Å². The number of nitrogens with one attached hydrogen (secondary N) is 2. The molecule has 2 aromatic carbocycles. The van der Waals surface area contributed by atoms with Crippen LogP contribution < -0.4 is 10.6 Å². The summed E-state index contributed by atoms with van der Waals surface area (Å²) < 4.78 is 30.3. The van der Waals surface area contributed by atoms with E-state index in [0.29, 0.717) is 39.3 Å². The fourth-order valence-electron chi connectivity index (χ4n) is 4.20. The third kappa shape index (κ3) is 11.5. The summed E-state index contributed by atoms with van der Waals surface area (Å²) in [6.45, 7) is 2.18. The minimum absolute atomic E-state index is 0.111. The van der Waals surface area contributed by atoms with Crippen molar-refractivity contribution in [3.8, 4) is 0 Å². The van der Waals surface area contributed by atoms with Crippen LogP contribution in [-0.4, -0.2) is 64.8 Å². The number of esters is 2. The smallest absolute Gasteiger partial charge is 0.412 e. The van der Waals surface area contributed by atoms with E-state index in [2.05, 4.69) is 10.6 Å². The van der Waals surface area contributed by atoms with Crippen LogP contribution in [0.25, 0.3) is 0 Å². The highest BCUT2D eigenvalue weighted by atomic mass is 16.6. The lowest BCUT2D eigenvalue weighted by atomic mass is 10.1. The van der Waals surface area contributed by atoms with Crippen LogP contribution in [0.15, 0.2) is 83.2 Å². The van der Waals surface area contributed by atoms with Crippen molar-refractivity contribution < 1.29 is 47.6 Å². The molecule has 0 aliphatic carbocycles. The fraction of sp³-hybridized carbons (Fsp3) is 0.375. The molecule has 0 unspecified atom stereocenters. The molecule has 2 aliphatic rings. The van der Waals surface area contributed by atoms with Crippen molar-refractivity contribution in [1.82, 2.24) is 10.6 Å². The lowest BCUT2D eigenvalue weighted by Gasteiger charge is -2.18. The molecule has 4 rings (SSSR count). The number of ether oxygens (including phenoxy) is 6. The molecule has 2 aromatic rings. The first-order valence-corrected chi connectivity index (χ1v) is 14.1. The molecule has 236 valence electrons. The fourth-order valence-corrected chi connectivity index (χ4v) is 4.20. The second-order valence-electron chi connectivity index (χ2n) is 9.63. The molecule has 2 heterocycles. The van der Waals surface area contributed by atoms with Crippen LogP contribution in [0.4, 0.5) is 9.59 Å². The molecule has 12 heteroatoms. The lowest BCUT2D eigenvalue weighted by Crippen LogP contribution is -2.31. The number of rotatable bonds is 8. The first kappa shape index (κ1) is 33.8. The molecule has 2 amide bonds. The second-order valence-corrected chi connectivity index (χ2v) is 9.63. The average molecular weight is 611 g/mol. The maximum atomic E-state index is 11.9. The Labute approximate surface area is 256 Å². The van der Waals surface area contributed by atoms with Crippen LogP contribution in [0.2, 0.25) is 0 Å². The Hall–Kier alpha value is -4.68. The summed E-state index contributed by atoms with van der Waals surface area (Å²) in [4.78, 5) is 47.4. The highest BCUT2D eigenvalue weighted by molar-refractivity contribution is 5.93. The number of methoxy groups -OCH3 is 2. The van der Waals surface area contributed by atoms with Crippen molar-refractivity contribution >= 4 is 24.1 Å². The zero-order chi connectivity index (χ0) is 31.6. The van der Waals surface area contributed by atoms with E-state index in [1.54, 1.807) is 0 Å². The van der Waals surface area contributed by atoms with Gasteiger partial charge in [-0.05, 0) is 48.0 Å². The molecule has 2 saturated heterocycles. The highest BCUT2D eigenvalue weighted by Crippen LogP contribution is 2.18. The maximum Gasteiger partial charge on any atom is 0.412 e. The predicted molar refractivity (Wildman–Crippen MR) is 158 cm³/mol. The van der Waals surface area contributed by atoms with Crippen molar-refractivity contribution in [3.63, 3.8) is 0 Å². The molecule has 0 saturated carbocycles. The molecule has 44 heavy (non-hydrogen) atoms. The Morgan fingerprint density at radius 2 is 1.02 bits per heavy atom. The van der Waals surface area contributed by atoms with Gasteiger partial charge in [-0.15, -0.1) is 0 Å². The minimum atomic E-state index is -0.692. The summed E-state index contributed by atoms with van der Waals surface area (Å²) in [6, 6.07) is 18.6. The van der Waals surface area contributed by atoms with Crippen molar-refractivity contribution in [2.24, 2.45) is 0 Å². The van der Waals surface area contributed by atoms with Gasteiger partial charge < -0.3 is 28.4 Å². The van der Waals surface area contributed by atoms with Crippen LogP contribution >= 0.6 is 0 Å². The van der Waals surface area contributed by atoms with Crippen LogP contribution in [0, 0.1) is 0 Å². The van der Waals surface area contributed by atoms with Gasteiger partial charge in [0.05, 0.1) is 27.4 Å². The van der Waals surface area contributed by atoms with Gasteiger partial charge in [0.1, 0.15) is 24.6 Å². The summed E-state index contributed by atoms with van der Waals surface area (Å²) in [5.41, 5.74) is 3.39. The number of carbonyl (C=O) groups excluding carboxylic acids is 4. The van der Waals surface area contributed by atoms with E-state index in [9.17, 15) is 19.2 Å². The van der Waals surface area contributed by atoms with E-state index in [1.165, 1.54) is 14.2 Å². The van der Waals surface area contributed by atoms with Gasteiger partial charge in [0.25, 0.3) is 0 Å². The molecule has 0 bridgehead atoms. The maximum absolute atomic E-state index is 11.9. The Bertz CT molecular complexity index is 1190. The van der Waals surface area contributed by atoms with E-state index in [1.807, 2.05) is 60.7 Å². The summed E-state index contributed by atoms with van der Waals surface area (Å²) in [7, 11) is 2.53. The van der Waals surface area contributed by atoms with Crippen molar-refractivity contribution in [2.45, 2.75) is 38.9 Å². The van der Waals surface area contributed by atoms with Crippen molar-refractivity contribution in [1.29, 1.82) is 0 Å². The quantitative estimate of drug-likeness (QED) is 0.252. The van der Waals surface area contributed by atoms with Gasteiger partial charge in [-0.2, -0.15) is 0 Å². The predicted octanol–water partition coefficient (Wildman–Crippen LogP) is 4.30. The van der Waals surface area contributed by atoms with E-state index in [-0.39, 0.29) is 24.6 Å². The van der Waals surface area contributed by atoms with Gasteiger partial charge >= 0.3 is 24.1 Å². The Balaban J connectivity index is 0.000000240. The van der Waals surface area contributed by atoms with Crippen LogP contribution in [-0.2, 0) is 51.2 Å². The molecule has 0 radical (unpaired) electrons. The minimum Gasteiger partial charge on any atom is -0.464 e. The molecule has 2 fully saturated rings. The number of alkyl carbamates (subject to hydrolysis) is 2.